The topological polar surface area (TPSA) is 97.5 Å². The zero-order valence-electron chi connectivity index (χ0n) is 14.2. The van der Waals surface area contributed by atoms with Crippen molar-refractivity contribution in [2.75, 3.05) is 22.5 Å². The van der Waals surface area contributed by atoms with Crippen LogP contribution in [0.3, 0.4) is 0 Å². The Kier molecular flexibility index (Phi) is 3.35. The van der Waals surface area contributed by atoms with E-state index < -0.39 is 5.60 Å². The molecule has 0 radical (unpaired) electrons. The number of ether oxygens (including phenoxy) is 1. The molecule has 7 nitrogen and oxygen atoms in total. The SMILES string of the molecule is CC1(C)CN(c2cc(N)c3cnc(NC(=O)C4CC4)cc3c2)C(=O)O1. The highest BCUT2D eigenvalue weighted by Crippen LogP contribution is 2.34. The molecule has 7 heteroatoms. The number of benzene rings is 1. The minimum absolute atomic E-state index is 0.000784. The first-order chi connectivity index (χ1) is 11.8. The first-order valence-corrected chi connectivity index (χ1v) is 8.33. The smallest absolute Gasteiger partial charge is 0.415 e. The molecule has 2 heterocycles. The number of pyridine rings is 1. The summed E-state index contributed by atoms with van der Waals surface area (Å²) >= 11 is 0. The number of aromatic nitrogens is 1. The third-order valence-electron chi connectivity index (χ3n) is 4.49. The molecule has 0 bridgehead atoms. The highest BCUT2D eigenvalue weighted by Gasteiger charge is 2.38. The van der Waals surface area contributed by atoms with Gasteiger partial charge < -0.3 is 15.8 Å². The van der Waals surface area contributed by atoms with Gasteiger partial charge in [-0.2, -0.15) is 0 Å². The minimum Gasteiger partial charge on any atom is -0.441 e. The van der Waals surface area contributed by atoms with Gasteiger partial charge in [0.25, 0.3) is 0 Å². The quantitative estimate of drug-likeness (QED) is 0.837. The average molecular weight is 340 g/mol. The fourth-order valence-corrected chi connectivity index (χ4v) is 3.03. The van der Waals surface area contributed by atoms with Gasteiger partial charge in [0.1, 0.15) is 11.4 Å². The van der Waals surface area contributed by atoms with Crippen LogP contribution in [0, 0.1) is 5.92 Å². The van der Waals surface area contributed by atoms with Crippen molar-refractivity contribution in [3.8, 4) is 0 Å². The molecule has 130 valence electrons. The lowest BCUT2D eigenvalue weighted by molar-refractivity contribution is -0.117. The van der Waals surface area contributed by atoms with Gasteiger partial charge in [-0.1, -0.05) is 0 Å². The van der Waals surface area contributed by atoms with Crippen LogP contribution in [-0.2, 0) is 9.53 Å². The van der Waals surface area contributed by atoms with Gasteiger partial charge in [0, 0.05) is 28.9 Å². The lowest BCUT2D eigenvalue weighted by Crippen LogP contribution is -2.28. The number of fused-ring (bicyclic) bond motifs is 1. The summed E-state index contributed by atoms with van der Waals surface area (Å²) in [6.45, 7) is 4.18. The van der Waals surface area contributed by atoms with Crippen LogP contribution in [0.4, 0.5) is 22.0 Å². The van der Waals surface area contributed by atoms with Gasteiger partial charge in [-0.25, -0.2) is 9.78 Å². The summed E-state index contributed by atoms with van der Waals surface area (Å²) in [7, 11) is 0. The lowest BCUT2D eigenvalue weighted by atomic mass is 10.1. The number of amides is 2. The summed E-state index contributed by atoms with van der Waals surface area (Å²) in [5.41, 5.74) is 6.80. The van der Waals surface area contributed by atoms with E-state index in [1.54, 1.807) is 23.2 Å². The molecule has 4 rings (SSSR count). The van der Waals surface area contributed by atoms with Crippen molar-refractivity contribution in [3.05, 3.63) is 24.4 Å². The Bertz CT molecular complexity index is 889. The van der Waals surface area contributed by atoms with E-state index in [1.807, 2.05) is 19.9 Å². The molecular weight excluding hydrogens is 320 g/mol. The number of hydrogen-bond acceptors (Lipinski definition) is 5. The Labute approximate surface area is 145 Å². The second kappa shape index (κ2) is 5.34. The van der Waals surface area contributed by atoms with Crippen LogP contribution >= 0.6 is 0 Å². The molecule has 1 saturated heterocycles. The van der Waals surface area contributed by atoms with Crippen LogP contribution in [-0.4, -0.2) is 29.1 Å². The summed E-state index contributed by atoms with van der Waals surface area (Å²) in [6, 6.07) is 5.39. The largest absolute Gasteiger partial charge is 0.441 e. The fourth-order valence-electron chi connectivity index (χ4n) is 3.03. The second-order valence-corrected chi connectivity index (χ2v) is 7.30. The van der Waals surface area contributed by atoms with Crippen molar-refractivity contribution >= 4 is 40.0 Å². The van der Waals surface area contributed by atoms with Gasteiger partial charge in [0.05, 0.1) is 6.54 Å². The molecule has 1 saturated carbocycles. The predicted octanol–water partition coefficient (Wildman–Crippen LogP) is 2.90. The van der Waals surface area contributed by atoms with E-state index in [0.717, 1.165) is 23.6 Å². The zero-order chi connectivity index (χ0) is 17.8. The van der Waals surface area contributed by atoms with Crippen LogP contribution < -0.4 is 16.0 Å². The van der Waals surface area contributed by atoms with E-state index in [-0.39, 0.29) is 17.9 Å². The fraction of sp³-hybridized carbons (Fsp3) is 0.389. The Hall–Kier alpha value is -2.83. The molecule has 1 aromatic carbocycles. The van der Waals surface area contributed by atoms with Crippen molar-refractivity contribution < 1.29 is 14.3 Å². The Balaban J connectivity index is 1.69. The summed E-state index contributed by atoms with van der Waals surface area (Å²) < 4.78 is 5.35. The summed E-state index contributed by atoms with van der Waals surface area (Å²) in [5.74, 6) is 0.599. The second-order valence-electron chi connectivity index (χ2n) is 7.30. The Morgan fingerprint density at radius 3 is 2.76 bits per heavy atom. The van der Waals surface area contributed by atoms with Crippen LogP contribution in [0.15, 0.2) is 24.4 Å². The van der Waals surface area contributed by atoms with Crippen LogP contribution in [0.25, 0.3) is 10.8 Å². The van der Waals surface area contributed by atoms with Crippen LogP contribution in [0.1, 0.15) is 26.7 Å². The number of carbonyl (C=O) groups is 2. The molecule has 1 aliphatic heterocycles. The van der Waals surface area contributed by atoms with Gasteiger partial charge in [-0.15, -0.1) is 0 Å². The minimum atomic E-state index is -0.539. The number of nitrogens with one attached hydrogen (secondary N) is 1. The third-order valence-corrected chi connectivity index (χ3v) is 4.49. The van der Waals surface area contributed by atoms with Gasteiger partial charge >= 0.3 is 6.09 Å². The van der Waals surface area contributed by atoms with Crippen LogP contribution in [0.5, 0.6) is 0 Å². The van der Waals surface area contributed by atoms with Crippen molar-refractivity contribution in [1.82, 2.24) is 4.98 Å². The molecule has 25 heavy (non-hydrogen) atoms. The van der Waals surface area contributed by atoms with Gasteiger partial charge in [0.15, 0.2) is 0 Å². The monoisotopic (exact) mass is 340 g/mol. The predicted molar refractivity (Wildman–Crippen MR) is 95.4 cm³/mol. The average Bonchev–Trinajstić information content (AvgIpc) is 3.32. The zero-order valence-corrected chi connectivity index (χ0v) is 14.2. The highest BCUT2D eigenvalue weighted by molar-refractivity contribution is 6.01. The lowest BCUT2D eigenvalue weighted by Gasteiger charge is -2.17. The van der Waals surface area contributed by atoms with E-state index in [9.17, 15) is 9.59 Å². The number of nitrogen functional groups attached to an aromatic ring is 1. The normalized spacial score (nSPS) is 19.1. The number of carbonyl (C=O) groups excluding carboxylic acids is 2. The number of nitrogens with two attached hydrogens (primary N) is 1. The van der Waals surface area contributed by atoms with Gasteiger partial charge in [-0.05, 0) is 50.3 Å². The molecule has 2 aromatic rings. The maximum Gasteiger partial charge on any atom is 0.415 e. The van der Waals surface area contributed by atoms with E-state index in [0.29, 0.717) is 23.7 Å². The molecule has 0 atom stereocenters. The molecule has 3 N–H and O–H groups in total. The van der Waals surface area contributed by atoms with Gasteiger partial charge in [-0.3, -0.25) is 9.69 Å². The summed E-state index contributed by atoms with van der Waals surface area (Å²) in [5, 5.41) is 4.42. The number of nitrogens with zero attached hydrogens (tertiary/aromatic N) is 2. The first-order valence-electron chi connectivity index (χ1n) is 8.33. The van der Waals surface area contributed by atoms with Crippen molar-refractivity contribution in [2.45, 2.75) is 32.3 Å². The summed E-state index contributed by atoms with van der Waals surface area (Å²) in [6.07, 6.45) is 3.12. The van der Waals surface area contributed by atoms with E-state index in [2.05, 4.69) is 10.3 Å². The molecular formula is C18H20N4O3. The third kappa shape index (κ3) is 2.97. The summed E-state index contributed by atoms with van der Waals surface area (Å²) in [4.78, 5) is 29.9. The molecule has 0 spiro atoms. The first kappa shape index (κ1) is 15.7. The maximum absolute atomic E-state index is 12.1. The van der Waals surface area contributed by atoms with Crippen molar-refractivity contribution in [2.24, 2.45) is 5.92 Å². The molecule has 1 aromatic heterocycles. The van der Waals surface area contributed by atoms with Crippen molar-refractivity contribution in [1.29, 1.82) is 0 Å². The number of hydrogen-bond donors (Lipinski definition) is 2. The Morgan fingerprint density at radius 2 is 2.12 bits per heavy atom. The standard InChI is InChI=1S/C18H20N4O3/c1-18(2)9-22(17(24)25-18)12-5-11-6-15(21-16(23)10-3-4-10)20-8-13(11)14(19)7-12/h5-8,10H,3-4,9,19H2,1-2H3,(H,20,21,23). The van der Waals surface area contributed by atoms with E-state index >= 15 is 0 Å². The van der Waals surface area contributed by atoms with Crippen molar-refractivity contribution in [3.63, 3.8) is 0 Å². The van der Waals surface area contributed by atoms with Gasteiger partial charge in [0.2, 0.25) is 5.91 Å². The van der Waals surface area contributed by atoms with E-state index in [1.165, 1.54) is 0 Å². The number of cyclic esters (lactones) is 1. The Morgan fingerprint density at radius 1 is 1.36 bits per heavy atom. The van der Waals surface area contributed by atoms with Crippen LogP contribution in [0.2, 0.25) is 0 Å². The highest BCUT2D eigenvalue weighted by atomic mass is 16.6. The molecule has 2 fully saturated rings. The number of anilines is 3. The molecule has 2 amide bonds. The maximum atomic E-state index is 12.1. The number of rotatable bonds is 3. The molecule has 1 aliphatic carbocycles. The molecule has 0 unspecified atom stereocenters. The van der Waals surface area contributed by atoms with E-state index in [4.69, 9.17) is 10.5 Å². The molecule has 2 aliphatic rings.